The minimum absolute atomic E-state index is 0.0843. The van der Waals surface area contributed by atoms with Gasteiger partial charge in [0.2, 0.25) is 0 Å². The maximum atomic E-state index is 10.7. The minimum Gasteiger partial charge on any atom is -0.458 e. The van der Waals surface area contributed by atoms with E-state index in [-0.39, 0.29) is 5.69 Å². The lowest BCUT2D eigenvalue weighted by molar-refractivity contribution is -0.385. The van der Waals surface area contributed by atoms with Crippen molar-refractivity contribution in [1.29, 1.82) is 0 Å². The number of nitro benzene ring substituents is 1. The van der Waals surface area contributed by atoms with Gasteiger partial charge in [-0.15, -0.1) is 0 Å². The molecule has 0 aliphatic carbocycles. The maximum Gasteiger partial charge on any atom is 0.272 e. The molecule has 2 rings (SSSR count). The van der Waals surface area contributed by atoms with Crippen molar-refractivity contribution in [2.75, 3.05) is 0 Å². The Balaban J connectivity index is 2.39. The predicted molar refractivity (Wildman–Crippen MR) is 66.2 cm³/mol. The third-order valence-corrected chi connectivity index (χ3v) is 2.72. The summed E-state index contributed by atoms with van der Waals surface area (Å²) in [4.78, 5) is 10.3. The summed E-state index contributed by atoms with van der Waals surface area (Å²) >= 11 is 0. The van der Waals surface area contributed by atoms with E-state index in [2.05, 4.69) is 0 Å². The van der Waals surface area contributed by atoms with Crippen molar-refractivity contribution in [3.63, 3.8) is 0 Å². The summed E-state index contributed by atoms with van der Waals surface area (Å²) in [7, 11) is 0. The van der Waals surface area contributed by atoms with Gasteiger partial charge in [-0.3, -0.25) is 10.1 Å². The summed E-state index contributed by atoms with van der Waals surface area (Å²) in [6.07, 6.45) is -0.669. The molecule has 5 nitrogen and oxygen atoms in total. The summed E-state index contributed by atoms with van der Waals surface area (Å²) in [6, 6.07) is 8.22. The molecule has 1 aromatic carbocycles. The lowest BCUT2D eigenvalue weighted by Crippen LogP contribution is -1.91. The largest absolute Gasteiger partial charge is 0.458 e. The van der Waals surface area contributed by atoms with Gasteiger partial charge in [0.25, 0.3) is 5.69 Å². The number of rotatable bonds is 3. The molecule has 0 aliphatic rings. The number of nitrogens with zero attached hydrogens (tertiary/aromatic N) is 1. The zero-order valence-electron chi connectivity index (χ0n) is 10.1. The third kappa shape index (κ3) is 2.26. The molecule has 1 unspecified atom stereocenters. The summed E-state index contributed by atoms with van der Waals surface area (Å²) in [6.45, 7) is 3.30. The van der Waals surface area contributed by atoms with Crippen LogP contribution in [-0.4, -0.2) is 10.0 Å². The summed E-state index contributed by atoms with van der Waals surface area (Å²) in [5.41, 5.74) is 1.42. The van der Waals surface area contributed by atoms with Crippen LogP contribution < -0.4 is 0 Å². The number of hydrogen-bond donors (Lipinski definition) is 1. The van der Waals surface area contributed by atoms with Gasteiger partial charge in [0, 0.05) is 17.2 Å². The van der Waals surface area contributed by atoms with Crippen LogP contribution >= 0.6 is 0 Å². The normalized spacial score (nSPS) is 12.4. The number of benzene rings is 1. The first-order valence-electron chi connectivity index (χ1n) is 5.52. The Bertz CT molecular complexity index is 586. The van der Waals surface area contributed by atoms with Crippen LogP contribution in [0.4, 0.5) is 5.69 Å². The van der Waals surface area contributed by atoms with Crippen LogP contribution in [0.25, 0.3) is 11.3 Å². The average Bonchev–Trinajstić information content (AvgIpc) is 2.77. The molecule has 0 spiro atoms. The number of aliphatic hydroxyl groups is 1. The van der Waals surface area contributed by atoms with Crippen molar-refractivity contribution in [1.82, 2.24) is 0 Å². The van der Waals surface area contributed by atoms with Crippen LogP contribution in [0.3, 0.4) is 0 Å². The number of aliphatic hydroxyl groups excluding tert-OH is 1. The third-order valence-electron chi connectivity index (χ3n) is 2.72. The van der Waals surface area contributed by atoms with Crippen molar-refractivity contribution in [2.45, 2.75) is 20.0 Å². The lowest BCUT2D eigenvalue weighted by Gasteiger charge is -2.01. The summed E-state index contributed by atoms with van der Waals surface area (Å²) in [5.74, 6) is 1.06. The highest BCUT2D eigenvalue weighted by atomic mass is 16.6. The number of hydrogen-bond acceptors (Lipinski definition) is 4. The Morgan fingerprint density at radius 3 is 2.56 bits per heavy atom. The molecule has 1 N–H and O–H groups in total. The second kappa shape index (κ2) is 4.62. The highest BCUT2D eigenvalue weighted by Gasteiger charge is 2.13. The Kier molecular flexibility index (Phi) is 3.16. The first-order chi connectivity index (χ1) is 8.49. The van der Waals surface area contributed by atoms with Crippen LogP contribution in [0.1, 0.15) is 24.4 Å². The van der Waals surface area contributed by atoms with Crippen LogP contribution in [0.15, 0.2) is 34.7 Å². The van der Waals surface area contributed by atoms with Gasteiger partial charge in [-0.1, -0.05) is 0 Å². The number of aryl methyl sites for hydroxylation is 1. The van der Waals surface area contributed by atoms with Crippen molar-refractivity contribution >= 4 is 5.69 Å². The highest BCUT2D eigenvalue weighted by Crippen LogP contribution is 2.28. The molecule has 0 saturated carbocycles. The van der Waals surface area contributed by atoms with E-state index in [1.807, 2.05) is 0 Å². The molecule has 0 saturated heterocycles. The monoisotopic (exact) mass is 247 g/mol. The number of furan rings is 1. The summed E-state index contributed by atoms with van der Waals surface area (Å²) in [5, 5.41) is 20.1. The molecule has 1 heterocycles. The number of nitro groups is 1. The Labute approximate surface area is 104 Å². The predicted octanol–water partition coefficient (Wildman–Crippen LogP) is 3.22. The van der Waals surface area contributed by atoms with E-state index < -0.39 is 11.0 Å². The van der Waals surface area contributed by atoms with E-state index in [9.17, 15) is 15.2 Å². The molecular weight excluding hydrogens is 234 g/mol. The Morgan fingerprint density at radius 1 is 1.33 bits per heavy atom. The van der Waals surface area contributed by atoms with E-state index >= 15 is 0 Å². The van der Waals surface area contributed by atoms with Crippen LogP contribution in [-0.2, 0) is 0 Å². The first-order valence-corrected chi connectivity index (χ1v) is 5.52. The minimum atomic E-state index is -0.669. The van der Waals surface area contributed by atoms with E-state index in [0.29, 0.717) is 17.1 Å². The lowest BCUT2D eigenvalue weighted by atomic mass is 10.1. The zero-order chi connectivity index (χ0) is 13.3. The maximum absolute atomic E-state index is 10.7. The molecule has 0 fully saturated rings. The van der Waals surface area contributed by atoms with Crippen molar-refractivity contribution in [3.8, 4) is 11.3 Å². The van der Waals surface area contributed by atoms with Gasteiger partial charge in [0.1, 0.15) is 17.6 Å². The topological polar surface area (TPSA) is 76.5 Å². The van der Waals surface area contributed by atoms with E-state index in [4.69, 9.17) is 4.42 Å². The molecule has 1 atom stereocenters. The fourth-order valence-electron chi connectivity index (χ4n) is 1.75. The van der Waals surface area contributed by atoms with Crippen molar-refractivity contribution in [3.05, 3.63) is 51.8 Å². The van der Waals surface area contributed by atoms with Gasteiger partial charge in [-0.25, -0.2) is 0 Å². The van der Waals surface area contributed by atoms with Crippen LogP contribution in [0.5, 0.6) is 0 Å². The second-order valence-corrected chi connectivity index (χ2v) is 4.14. The molecule has 5 heteroatoms. The van der Waals surface area contributed by atoms with Gasteiger partial charge in [0.15, 0.2) is 0 Å². The van der Waals surface area contributed by atoms with Gasteiger partial charge in [-0.2, -0.15) is 0 Å². The summed E-state index contributed by atoms with van der Waals surface area (Å²) < 4.78 is 5.47. The Hall–Kier alpha value is -2.14. The second-order valence-electron chi connectivity index (χ2n) is 4.14. The van der Waals surface area contributed by atoms with Gasteiger partial charge in [-0.05, 0) is 38.1 Å². The fourth-order valence-corrected chi connectivity index (χ4v) is 1.75. The molecule has 1 aromatic heterocycles. The molecule has 0 aliphatic heterocycles. The van der Waals surface area contributed by atoms with Crippen molar-refractivity contribution < 1.29 is 14.4 Å². The van der Waals surface area contributed by atoms with E-state index in [1.54, 1.807) is 38.1 Å². The highest BCUT2D eigenvalue weighted by molar-refractivity contribution is 5.62. The molecule has 18 heavy (non-hydrogen) atoms. The standard InChI is InChI=1S/C13H13NO4/c1-8-7-10(3-4-11(8)14(16)17)13-6-5-12(18-13)9(2)15/h3-7,9,15H,1-2H3. The van der Waals surface area contributed by atoms with Gasteiger partial charge >= 0.3 is 0 Å². The van der Waals surface area contributed by atoms with Crippen LogP contribution in [0, 0.1) is 17.0 Å². The van der Waals surface area contributed by atoms with E-state index in [0.717, 1.165) is 5.56 Å². The Morgan fingerprint density at radius 2 is 2.06 bits per heavy atom. The quantitative estimate of drug-likeness (QED) is 0.667. The van der Waals surface area contributed by atoms with Crippen molar-refractivity contribution in [2.24, 2.45) is 0 Å². The molecule has 2 aromatic rings. The van der Waals surface area contributed by atoms with E-state index in [1.165, 1.54) is 6.07 Å². The zero-order valence-corrected chi connectivity index (χ0v) is 10.1. The fraction of sp³-hybridized carbons (Fsp3) is 0.231. The first kappa shape index (κ1) is 12.3. The van der Waals surface area contributed by atoms with Gasteiger partial charge in [0.05, 0.1) is 4.92 Å². The molecule has 94 valence electrons. The molecular formula is C13H13NO4. The average molecular weight is 247 g/mol. The smallest absolute Gasteiger partial charge is 0.272 e. The molecule has 0 radical (unpaired) electrons. The molecule has 0 amide bonds. The molecule has 0 bridgehead atoms. The van der Waals surface area contributed by atoms with Crippen LogP contribution in [0.2, 0.25) is 0 Å². The van der Waals surface area contributed by atoms with Gasteiger partial charge < -0.3 is 9.52 Å². The SMILES string of the molecule is Cc1cc(-c2ccc(C(C)O)o2)ccc1[N+](=O)[O-].